The molecule has 0 amide bonds. The molecule has 0 aliphatic heterocycles. The van der Waals surface area contributed by atoms with E-state index in [1.54, 1.807) is 14.1 Å². The van der Waals surface area contributed by atoms with Gasteiger partial charge in [0, 0.05) is 65.3 Å². The highest BCUT2D eigenvalue weighted by atomic mass is 16.5. The van der Waals surface area contributed by atoms with Crippen molar-refractivity contribution in [2.75, 3.05) is 145 Å². The molecular formula is C42H77N9O19. The van der Waals surface area contributed by atoms with Crippen molar-refractivity contribution in [2.45, 2.75) is 70.2 Å². The van der Waals surface area contributed by atoms with Gasteiger partial charge >= 0.3 is 47.8 Å². The zero-order valence-electron chi connectivity index (χ0n) is 40.6. The van der Waals surface area contributed by atoms with Crippen LogP contribution in [-0.2, 0) is 52.6 Å². The van der Waals surface area contributed by atoms with Gasteiger partial charge in [0.05, 0.1) is 65.9 Å². The Morgan fingerprint density at radius 3 is 1.41 bits per heavy atom. The van der Waals surface area contributed by atoms with Crippen molar-refractivity contribution in [3.8, 4) is 0 Å². The highest BCUT2D eigenvalue weighted by molar-refractivity contribution is 5.75. The Hall–Kier alpha value is -5.17. The van der Waals surface area contributed by atoms with E-state index in [0.717, 1.165) is 29.2 Å². The summed E-state index contributed by atoms with van der Waals surface area (Å²) in [4.78, 5) is 105. The largest absolute Gasteiger partial charge is 0.483 e. The summed E-state index contributed by atoms with van der Waals surface area (Å²) in [6, 6.07) is -2.27. The molecule has 0 spiro atoms. The number of hydrogen-bond donors (Lipinski definition) is 10. The van der Waals surface area contributed by atoms with E-state index >= 15 is 0 Å². The SMILES string of the molecule is CCCCNCOC(CCCCN=COCCC(C(=O)O)N(CCN(C)CC(=O)O)CCN(CC(=O)O)CC(=O)O)NCOCCC(C(=O)O)N(CCN(C)CC(=O)O)CCN(CC(=O)O)CC(=O)O. The summed E-state index contributed by atoms with van der Waals surface area (Å²) in [7, 11) is 3.09. The first-order chi connectivity index (χ1) is 33.1. The topological polar surface area (TPSA) is 382 Å². The Balaban J connectivity index is 5.43. The molecule has 0 aromatic heterocycles. The number of carbonyl (C=O) groups is 8. The minimum Gasteiger partial charge on any atom is -0.483 e. The summed E-state index contributed by atoms with van der Waals surface area (Å²) in [5.41, 5.74) is 0. The van der Waals surface area contributed by atoms with Crippen molar-refractivity contribution < 1.29 is 93.4 Å². The molecule has 404 valence electrons. The lowest BCUT2D eigenvalue weighted by Gasteiger charge is -2.32. The number of aliphatic carboxylic acids is 8. The Morgan fingerprint density at radius 2 is 0.986 bits per heavy atom. The summed E-state index contributed by atoms with van der Waals surface area (Å²) < 4.78 is 17.2. The molecular weight excluding hydrogens is 935 g/mol. The van der Waals surface area contributed by atoms with Gasteiger partial charge in [0.15, 0.2) is 6.40 Å². The van der Waals surface area contributed by atoms with Crippen molar-refractivity contribution in [3.63, 3.8) is 0 Å². The molecule has 70 heavy (non-hydrogen) atoms. The molecule has 0 radical (unpaired) electrons. The molecule has 0 saturated carbocycles. The molecule has 0 aromatic carbocycles. The maximum absolute atomic E-state index is 12.5. The summed E-state index contributed by atoms with van der Waals surface area (Å²) in [5, 5.41) is 81.8. The zero-order chi connectivity index (χ0) is 52.9. The van der Waals surface area contributed by atoms with Crippen LogP contribution >= 0.6 is 0 Å². The highest BCUT2D eigenvalue weighted by Gasteiger charge is 2.29. The van der Waals surface area contributed by atoms with E-state index in [1.165, 1.54) is 26.0 Å². The molecule has 3 unspecified atom stereocenters. The molecule has 0 rings (SSSR count). The molecule has 0 aliphatic carbocycles. The molecule has 0 saturated heterocycles. The molecule has 0 heterocycles. The third-order valence-corrected chi connectivity index (χ3v) is 10.3. The minimum absolute atomic E-state index is 0.00889. The third kappa shape index (κ3) is 35.9. The number of unbranched alkanes of at least 4 members (excludes halogenated alkanes) is 2. The molecule has 0 fully saturated rings. The minimum atomic E-state index is -1.26. The van der Waals surface area contributed by atoms with E-state index in [2.05, 4.69) is 22.5 Å². The van der Waals surface area contributed by atoms with E-state index in [1.807, 2.05) is 0 Å². The van der Waals surface area contributed by atoms with E-state index in [4.69, 9.17) is 24.4 Å². The molecule has 28 nitrogen and oxygen atoms in total. The third-order valence-electron chi connectivity index (χ3n) is 10.3. The van der Waals surface area contributed by atoms with Gasteiger partial charge in [0.25, 0.3) is 0 Å². The molecule has 0 aromatic rings. The molecule has 28 heteroatoms. The quantitative estimate of drug-likeness (QED) is 0.0133. The Labute approximate surface area is 407 Å². The number of nitrogens with one attached hydrogen (secondary N) is 2. The van der Waals surface area contributed by atoms with Crippen LogP contribution in [0.5, 0.6) is 0 Å². The van der Waals surface area contributed by atoms with Crippen LogP contribution in [0.3, 0.4) is 0 Å². The fraction of sp³-hybridized carbons (Fsp3) is 0.786. The second kappa shape index (κ2) is 39.5. The van der Waals surface area contributed by atoms with Crippen LogP contribution in [0.4, 0.5) is 0 Å². The summed E-state index contributed by atoms with van der Waals surface area (Å²) in [6.45, 7) is 0.645. The van der Waals surface area contributed by atoms with E-state index < -0.39 is 92.2 Å². The van der Waals surface area contributed by atoms with Gasteiger partial charge in [0.1, 0.15) is 18.3 Å². The lowest BCUT2D eigenvalue weighted by Crippen LogP contribution is -2.49. The fourth-order valence-corrected chi connectivity index (χ4v) is 6.79. The number of hydrogen-bond acceptors (Lipinski definition) is 20. The van der Waals surface area contributed by atoms with Crippen LogP contribution in [0.1, 0.15) is 51.9 Å². The van der Waals surface area contributed by atoms with Crippen molar-refractivity contribution in [1.29, 1.82) is 0 Å². The average molecular weight is 1010 g/mol. The van der Waals surface area contributed by atoms with E-state index in [9.17, 15) is 69.0 Å². The number of rotatable bonds is 49. The number of ether oxygens (including phenoxy) is 3. The molecule has 0 bridgehead atoms. The lowest BCUT2D eigenvalue weighted by atomic mass is 10.1. The van der Waals surface area contributed by atoms with Crippen molar-refractivity contribution in [3.05, 3.63) is 0 Å². The molecule has 0 aliphatic rings. The van der Waals surface area contributed by atoms with Crippen molar-refractivity contribution in [1.82, 2.24) is 40.0 Å². The fourth-order valence-electron chi connectivity index (χ4n) is 6.79. The number of carboxylic acids is 8. The Morgan fingerprint density at radius 1 is 0.543 bits per heavy atom. The van der Waals surface area contributed by atoms with Gasteiger partial charge in [-0.15, -0.1) is 0 Å². The first-order valence-electron chi connectivity index (χ1n) is 22.9. The average Bonchev–Trinajstić information content (AvgIpc) is 3.24. The van der Waals surface area contributed by atoms with Crippen LogP contribution in [-0.4, -0.2) is 288 Å². The standard InChI is InChI=1S/C42H77N9O19/c1-4-5-11-44-30-70-34(45-31-69-22-10-33(42(66)67)51(18-14-47(3)24-36(54)55)20-16-49(27-39(60)61)28-40(62)63)8-6-7-12-43-29-68-21-9-32(41(64)65)50(17-13-46(2)23-35(52)53)19-15-48(25-37(56)57)26-38(58)59/h29,32-34,44-45H,4-28,30-31H2,1-3H3,(H,52,53)(H,54,55)(H,56,57)(H,58,59)(H,60,61)(H,62,63)(H,64,65)(H,66,67). The normalized spacial score (nSPS) is 13.2. The van der Waals surface area contributed by atoms with Gasteiger partial charge in [-0.25, -0.2) is 0 Å². The van der Waals surface area contributed by atoms with Crippen molar-refractivity contribution in [2.24, 2.45) is 4.99 Å². The monoisotopic (exact) mass is 1010 g/mol. The number of carboxylic acid groups (broad SMARTS) is 8. The highest BCUT2D eigenvalue weighted by Crippen LogP contribution is 2.10. The summed E-state index contributed by atoms with van der Waals surface area (Å²) in [6.07, 6.45) is 4.43. The maximum atomic E-state index is 12.5. The van der Waals surface area contributed by atoms with Crippen LogP contribution in [0, 0.1) is 0 Å². The van der Waals surface area contributed by atoms with Gasteiger partial charge in [0.2, 0.25) is 0 Å². The summed E-state index contributed by atoms with van der Waals surface area (Å²) in [5.74, 6) is -9.59. The molecule has 3 atom stereocenters. The summed E-state index contributed by atoms with van der Waals surface area (Å²) >= 11 is 0. The number of nitrogens with zero attached hydrogens (tertiary/aromatic N) is 7. The predicted octanol–water partition coefficient (Wildman–Crippen LogP) is -2.28. The van der Waals surface area contributed by atoms with Gasteiger partial charge in [-0.2, -0.15) is 0 Å². The maximum Gasteiger partial charge on any atom is 0.321 e. The lowest BCUT2D eigenvalue weighted by molar-refractivity contribution is -0.146. The van der Waals surface area contributed by atoms with Crippen molar-refractivity contribution >= 4 is 54.2 Å². The van der Waals surface area contributed by atoms with Gasteiger partial charge in [-0.3, -0.25) is 83.4 Å². The van der Waals surface area contributed by atoms with Crippen LogP contribution < -0.4 is 10.6 Å². The predicted molar refractivity (Wildman–Crippen MR) is 249 cm³/mol. The van der Waals surface area contributed by atoms with E-state index in [0.29, 0.717) is 25.8 Å². The van der Waals surface area contributed by atoms with Gasteiger partial charge in [-0.05, 0) is 52.7 Å². The van der Waals surface area contributed by atoms with Gasteiger partial charge in [-0.1, -0.05) is 13.3 Å². The second-order valence-electron chi connectivity index (χ2n) is 16.4. The zero-order valence-corrected chi connectivity index (χ0v) is 40.6. The van der Waals surface area contributed by atoms with E-state index in [-0.39, 0.29) is 105 Å². The second-order valence-corrected chi connectivity index (χ2v) is 16.4. The van der Waals surface area contributed by atoms with Crippen LogP contribution in [0.25, 0.3) is 0 Å². The number of aliphatic imine (C=N–C) groups is 1. The number of likely N-dealkylation sites (N-methyl/N-ethyl adjacent to an activating group) is 2. The first kappa shape index (κ1) is 64.8. The Kier molecular flexibility index (Phi) is 36.6. The van der Waals surface area contributed by atoms with Crippen LogP contribution in [0.2, 0.25) is 0 Å². The Bertz CT molecular complexity index is 1550. The van der Waals surface area contributed by atoms with Crippen LogP contribution in [0.15, 0.2) is 4.99 Å². The first-order valence-corrected chi connectivity index (χ1v) is 22.9. The van der Waals surface area contributed by atoms with Gasteiger partial charge < -0.3 is 55.1 Å². The smallest absolute Gasteiger partial charge is 0.321 e. The molecule has 10 N–H and O–H groups in total.